The van der Waals surface area contributed by atoms with Crippen LogP contribution in [0.5, 0.6) is 0 Å². The number of hydrogen-bond acceptors (Lipinski definition) is 2. The van der Waals surface area contributed by atoms with E-state index in [1.165, 1.54) is 25.7 Å². The highest BCUT2D eigenvalue weighted by Gasteiger charge is 2.15. The first-order valence-electron chi connectivity index (χ1n) is 10.8. The van der Waals surface area contributed by atoms with Gasteiger partial charge in [0.05, 0.1) is 13.2 Å². The second-order valence-corrected chi connectivity index (χ2v) is 6.97. The van der Waals surface area contributed by atoms with E-state index in [1.807, 2.05) is 4.90 Å². The summed E-state index contributed by atoms with van der Waals surface area (Å²) in [6, 6.07) is 0. The fourth-order valence-corrected chi connectivity index (χ4v) is 2.90. The second-order valence-electron chi connectivity index (χ2n) is 6.97. The van der Waals surface area contributed by atoms with Crippen LogP contribution in [0, 0.1) is 0 Å². The maximum Gasteiger partial charge on any atom is 0.222 e. The zero-order chi connectivity index (χ0) is 19.4. The zero-order valence-electron chi connectivity index (χ0n) is 17.3. The van der Waals surface area contributed by atoms with Crippen LogP contribution < -0.4 is 0 Å². The molecule has 1 aliphatic heterocycles. The van der Waals surface area contributed by atoms with Crippen molar-refractivity contribution in [3.63, 3.8) is 0 Å². The maximum absolute atomic E-state index is 12.0. The van der Waals surface area contributed by atoms with E-state index < -0.39 is 0 Å². The van der Waals surface area contributed by atoms with E-state index >= 15 is 0 Å². The molecule has 152 valence electrons. The lowest BCUT2D eigenvalue weighted by Gasteiger charge is -2.26. The number of hydrogen-bond donors (Lipinski definition) is 0. The summed E-state index contributed by atoms with van der Waals surface area (Å²) < 4.78 is 5.27. The molecule has 0 atom stereocenters. The van der Waals surface area contributed by atoms with Crippen molar-refractivity contribution in [2.24, 2.45) is 0 Å². The monoisotopic (exact) mass is 373 g/mol. The first-order valence-corrected chi connectivity index (χ1v) is 10.8. The Kier molecular flexibility index (Phi) is 15.4. The number of carbonyl (C=O) groups excluding carboxylic acids is 1. The minimum Gasteiger partial charge on any atom is -0.378 e. The number of nitrogens with zero attached hydrogens (tertiary/aromatic N) is 1. The van der Waals surface area contributed by atoms with E-state index in [9.17, 15) is 4.79 Å². The molecule has 3 nitrogen and oxygen atoms in total. The number of carbonyl (C=O) groups is 1. The van der Waals surface area contributed by atoms with Gasteiger partial charge in [-0.05, 0) is 44.9 Å². The van der Waals surface area contributed by atoms with Crippen molar-refractivity contribution >= 4 is 5.91 Å². The third kappa shape index (κ3) is 14.2. The number of unbranched alkanes of at least 4 members (excludes halogenated alkanes) is 4. The molecule has 1 heterocycles. The zero-order valence-corrected chi connectivity index (χ0v) is 17.3. The second kappa shape index (κ2) is 17.8. The van der Waals surface area contributed by atoms with E-state index in [0.717, 1.165) is 45.2 Å². The fourth-order valence-electron chi connectivity index (χ4n) is 2.90. The Bertz CT molecular complexity index is 471. The van der Waals surface area contributed by atoms with E-state index in [4.69, 9.17) is 4.74 Å². The Labute approximate surface area is 166 Å². The molecule has 1 rings (SSSR count). The van der Waals surface area contributed by atoms with Crippen LogP contribution in [0.15, 0.2) is 48.6 Å². The van der Waals surface area contributed by atoms with Gasteiger partial charge in [0.1, 0.15) is 0 Å². The van der Waals surface area contributed by atoms with Gasteiger partial charge in [-0.25, -0.2) is 0 Å². The molecule has 0 aromatic heterocycles. The van der Waals surface area contributed by atoms with Gasteiger partial charge in [-0.15, -0.1) is 0 Å². The highest BCUT2D eigenvalue weighted by Crippen LogP contribution is 2.05. The molecule has 0 bridgehead atoms. The number of allylic oxidation sites excluding steroid dienone is 8. The van der Waals surface area contributed by atoms with Crippen LogP contribution in [-0.4, -0.2) is 37.1 Å². The van der Waals surface area contributed by atoms with Crippen molar-refractivity contribution in [3.8, 4) is 0 Å². The molecular formula is C24H39NO2. The van der Waals surface area contributed by atoms with Crippen LogP contribution in [0.3, 0.4) is 0 Å². The van der Waals surface area contributed by atoms with Crippen LogP contribution >= 0.6 is 0 Å². The van der Waals surface area contributed by atoms with Gasteiger partial charge in [0.2, 0.25) is 5.91 Å². The lowest BCUT2D eigenvalue weighted by Crippen LogP contribution is -2.40. The lowest BCUT2D eigenvalue weighted by molar-refractivity contribution is -0.135. The minimum absolute atomic E-state index is 0.272. The van der Waals surface area contributed by atoms with Gasteiger partial charge >= 0.3 is 0 Å². The summed E-state index contributed by atoms with van der Waals surface area (Å²) in [5, 5.41) is 0. The van der Waals surface area contributed by atoms with Crippen LogP contribution in [-0.2, 0) is 9.53 Å². The number of ether oxygens (including phenoxy) is 1. The molecule has 0 aliphatic carbocycles. The Morgan fingerprint density at radius 3 is 1.85 bits per heavy atom. The fraction of sp³-hybridized carbons (Fsp3) is 0.625. The van der Waals surface area contributed by atoms with Crippen molar-refractivity contribution in [3.05, 3.63) is 48.6 Å². The summed E-state index contributed by atoms with van der Waals surface area (Å²) in [5.74, 6) is 0.272. The van der Waals surface area contributed by atoms with Crippen molar-refractivity contribution in [2.75, 3.05) is 26.3 Å². The Morgan fingerprint density at radius 1 is 0.778 bits per heavy atom. The van der Waals surface area contributed by atoms with Crippen LogP contribution in [0.25, 0.3) is 0 Å². The molecule has 1 aliphatic rings. The average molecular weight is 374 g/mol. The Balaban J connectivity index is 1.92. The summed E-state index contributed by atoms with van der Waals surface area (Å²) in [4.78, 5) is 13.9. The number of amides is 1. The highest BCUT2D eigenvalue weighted by atomic mass is 16.5. The smallest absolute Gasteiger partial charge is 0.222 e. The Hall–Kier alpha value is -1.61. The standard InChI is InChI=1S/C24H39NO2/c1-2-3-4-5-6-7-8-9-10-11-12-13-14-15-16-17-18-19-24(26)25-20-22-27-23-21-25/h6-7,9-10,12-13,15-16H,2-5,8,11,14,17-23H2,1H3/b7-6-,10-9-,13-12-,16-15-. The largest absolute Gasteiger partial charge is 0.378 e. The molecule has 0 aromatic rings. The van der Waals surface area contributed by atoms with Gasteiger partial charge in [0.15, 0.2) is 0 Å². The first-order chi connectivity index (χ1) is 13.3. The molecule has 0 saturated carbocycles. The predicted molar refractivity (Wildman–Crippen MR) is 116 cm³/mol. The summed E-state index contributed by atoms with van der Waals surface area (Å²) in [7, 11) is 0. The third-order valence-electron chi connectivity index (χ3n) is 4.58. The predicted octanol–water partition coefficient (Wildman–Crippen LogP) is 5.99. The molecule has 0 radical (unpaired) electrons. The molecular weight excluding hydrogens is 334 g/mol. The van der Waals surface area contributed by atoms with E-state index in [1.54, 1.807) is 0 Å². The SMILES string of the molecule is CCCCC/C=C\C/C=C\C/C=C\C/C=C\CCCC(=O)N1CCOCC1. The molecule has 0 N–H and O–H groups in total. The molecule has 0 aromatic carbocycles. The molecule has 1 amide bonds. The lowest BCUT2D eigenvalue weighted by atomic mass is 10.2. The molecule has 27 heavy (non-hydrogen) atoms. The molecule has 0 spiro atoms. The molecule has 0 unspecified atom stereocenters. The summed E-state index contributed by atoms with van der Waals surface area (Å²) >= 11 is 0. The topological polar surface area (TPSA) is 29.5 Å². The molecule has 3 heteroatoms. The van der Waals surface area contributed by atoms with Gasteiger partial charge < -0.3 is 9.64 Å². The summed E-state index contributed by atoms with van der Waals surface area (Å²) in [6.07, 6.45) is 28.6. The molecule has 1 saturated heterocycles. The minimum atomic E-state index is 0.272. The van der Waals surface area contributed by atoms with Gasteiger partial charge in [-0.1, -0.05) is 68.4 Å². The quantitative estimate of drug-likeness (QED) is 0.276. The Morgan fingerprint density at radius 2 is 1.30 bits per heavy atom. The van der Waals surface area contributed by atoms with Crippen LogP contribution in [0.1, 0.15) is 71.1 Å². The van der Waals surface area contributed by atoms with Crippen molar-refractivity contribution in [2.45, 2.75) is 71.1 Å². The van der Waals surface area contributed by atoms with E-state index in [2.05, 4.69) is 55.5 Å². The van der Waals surface area contributed by atoms with Crippen molar-refractivity contribution in [1.29, 1.82) is 0 Å². The third-order valence-corrected chi connectivity index (χ3v) is 4.58. The van der Waals surface area contributed by atoms with Gasteiger partial charge in [0, 0.05) is 19.5 Å². The van der Waals surface area contributed by atoms with Crippen molar-refractivity contribution < 1.29 is 9.53 Å². The van der Waals surface area contributed by atoms with Crippen LogP contribution in [0.4, 0.5) is 0 Å². The number of morpholine rings is 1. The van der Waals surface area contributed by atoms with Crippen LogP contribution in [0.2, 0.25) is 0 Å². The van der Waals surface area contributed by atoms with Gasteiger partial charge in [-0.3, -0.25) is 4.79 Å². The van der Waals surface area contributed by atoms with E-state index in [0.29, 0.717) is 19.6 Å². The molecule has 1 fully saturated rings. The van der Waals surface area contributed by atoms with Crippen molar-refractivity contribution in [1.82, 2.24) is 4.90 Å². The first kappa shape index (κ1) is 23.4. The normalized spacial score (nSPS) is 15.8. The number of rotatable bonds is 14. The summed E-state index contributed by atoms with van der Waals surface area (Å²) in [5.41, 5.74) is 0. The summed E-state index contributed by atoms with van der Waals surface area (Å²) in [6.45, 7) is 5.11. The highest BCUT2D eigenvalue weighted by molar-refractivity contribution is 5.76. The average Bonchev–Trinajstić information content (AvgIpc) is 2.70. The van der Waals surface area contributed by atoms with Gasteiger partial charge in [-0.2, -0.15) is 0 Å². The van der Waals surface area contributed by atoms with Gasteiger partial charge in [0.25, 0.3) is 0 Å². The maximum atomic E-state index is 12.0. The van der Waals surface area contributed by atoms with E-state index in [-0.39, 0.29) is 5.91 Å².